The van der Waals surface area contributed by atoms with E-state index in [4.69, 9.17) is 0 Å². The minimum absolute atomic E-state index is 0.0710. The molecule has 0 radical (unpaired) electrons. The van der Waals surface area contributed by atoms with Crippen LogP contribution in [-0.4, -0.2) is 36.3 Å². The number of nitrogens with zero attached hydrogens (tertiary/aromatic N) is 1. The summed E-state index contributed by atoms with van der Waals surface area (Å²) in [5, 5.41) is 9.96. The van der Waals surface area contributed by atoms with Crippen molar-refractivity contribution in [2.45, 2.75) is 19.4 Å². The summed E-state index contributed by atoms with van der Waals surface area (Å²) in [5.74, 6) is -0.208. The van der Waals surface area contributed by atoms with Gasteiger partial charge in [0.15, 0.2) is 0 Å². The van der Waals surface area contributed by atoms with Crippen LogP contribution >= 0.6 is 22.7 Å². The van der Waals surface area contributed by atoms with Gasteiger partial charge in [0.25, 0.3) is 5.91 Å². The molecule has 29 heavy (non-hydrogen) atoms. The second kappa shape index (κ2) is 8.90. The molecule has 3 heterocycles. The standard InChI is InChI=1S/C22H23N3O2S2/c1-2-23-22(27)15-5-3-6-16(13-15)24-20(26)14-25-10-8-18-17(9-12-29-18)21(25)19-7-4-11-28-19/h3-7,9,11-13,21H,2,8,10,14H2,1H3,(H,23,27)(H,24,26)/t21-/m0/s1. The van der Waals surface area contributed by atoms with Crippen LogP contribution in [0.4, 0.5) is 5.69 Å². The number of benzene rings is 1. The second-order valence-corrected chi connectivity index (χ2v) is 8.91. The van der Waals surface area contributed by atoms with Gasteiger partial charge in [-0.25, -0.2) is 0 Å². The molecule has 1 atom stereocenters. The Balaban J connectivity index is 1.48. The predicted molar refractivity (Wildman–Crippen MR) is 119 cm³/mol. The third-order valence-electron chi connectivity index (χ3n) is 4.97. The van der Waals surface area contributed by atoms with E-state index in [1.807, 2.05) is 13.0 Å². The summed E-state index contributed by atoms with van der Waals surface area (Å²) >= 11 is 3.53. The van der Waals surface area contributed by atoms with Gasteiger partial charge >= 0.3 is 0 Å². The number of thiophene rings is 2. The number of nitrogens with one attached hydrogen (secondary N) is 2. The van der Waals surface area contributed by atoms with Gasteiger partial charge in [0, 0.05) is 34.1 Å². The molecule has 2 amide bonds. The number of carbonyl (C=O) groups excluding carboxylic acids is 2. The molecule has 5 nitrogen and oxygen atoms in total. The van der Waals surface area contributed by atoms with E-state index in [-0.39, 0.29) is 17.9 Å². The van der Waals surface area contributed by atoms with Crippen LogP contribution in [-0.2, 0) is 11.2 Å². The molecular formula is C22H23N3O2S2. The highest BCUT2D eigenvalue weighted by molar-refractivity contribution is 7.10. The van der Waals surface area contributed by atoms with E-state index >= 15 is 0 Å². The normalized spacial score (nSPS) is 16.2. The zero-order valence-corrected chi connectivity index (χ0v) is 17.8. The molecule has 3 aromatic rings. The van der Waals surface area contributed by atoms with Crippen molar-refractivity contribution in [1.82, 2.24) is 10.2 Å². The molecule has 0 fully saturated rings. The van der Waals surface area contributed by atoms with Crippen LogP contribution in [0.15, 0.2) is 53.2 Å². The quantitative estimate of drug-likeness (QED) is 0.624. The predicted octanol–water partition coefficient (Wildman–Crippen LogP) is 4.15. The number of hydrogen-bond acceptors (Lipinski definition) is 5. The SMILES string of the molecule is CCNC(=O)c1cccc(NC(=O)CN2CCc3sccc3[C@H]2c2cccs2)c1. The zero-order chi connectivity index (χ0) is 20.2. The maximum atomic E-state index is 12.8. The second-order valence-electron chi connectivity index (χ2n) is 6.93. The third-order valence-corrected chi connectivity index (χ3v) is 6.89. The lowest BCUT2D eigenvalue weighted by molar-refractivity contribution is -0.117. The Kier molecular flexibility index (Phi) is 6.08. The fraction of sp³-hybridized carbons (Fsp3) is 0.273. The summed E-state index contributed by atoms with van der Waals surface area (Å²) < 4.78 is 0. The summed E-state index contributed by atoms with van der Waals surface area (Å²) in [6.45, 7) is 3.61. The molecule has 2 aromatic heterocycles. The molecule has 1 aliphatic heterocycles. The van der Waals surface area contributed by atoms with Gasteiger partial charge in [0.05, 0.1) is 12.6 Å². The van der Waals surface area contributed by atoms with E-state index in [0.717, 1.165) is 13.0 Å². The van der Waals surface area contributed by atoms with Crippen molar-refractivity contribution in [3.05, 3.63) is 74.1 Å². The molecule has 0 saturated carbocycles. The van der Waals surface area contributed by atoms with Gasteiger partial charge in [0.2, 0.25) is 5.91 Å². The van der Waals surface area contributed by atoms with Gasteiger partial charge in [-0.3, -0.25) is 14.5 Å². The Morgan fingerprint density at radius 1 is 1.14 bits per heavy atom. The van der Waals surface area contributed by atoms with Crippen LogP contribution in [0.3, 0.4) is 0 Å². The molecule has 7 heteroatoms. The molecule has 0 bridgehead atoms. The fourth-order valence-electron chi connectivity index (χ4n) is 3.70. The highest BCUT2D eigenvalue weighted by Crippen LogP contribution is 2.39. The monoisotopic (exact) mass is 425 g/mol. The van der Waals surface area contributed by atoms with E-state index in [9.17, 15) is 9.59 Å². The summed E-state index contributed by atoms with van der Waals surface area (Å²) in [7, 11) is 0. The van der Waals surface area contributed by atoms with Crippen LogP contribution in [0, 0.1) is 0 Å². The van der Waals surface area contributed by atoms with E-state index in [0.29, 0.717) is 24.3 Å². The van der Waals surface area contributed by atoms with Crippen molar-refractivity contribution in [2.75, 3.05) is 25.0 Å². The number of fused-ring (bicyclic) bond motifs is 1. The molecule has 4 rings (SSSR count). The summed E-state index contributed by atoms with van der Waals surface area (Å²) in [6, 6.07) is 13.6. The van der Waals surface area contributed by atoms with Gasteiger partial charge in [-0.2, -0.15) is 0 Å². The Morgan fingerprint density at radius 2 is 2.03 bits per heavy atom. The number of anilines is 1. The van der Waals surface area contributed by atoms with Crippen molar-refractivity contribution in [1.29, 1.82) is 0 Å². The molecule has 0 unspecified atom stereocenters. The van der Waals surface area contributed by atoms with Crippen LogP contribution in [0.25, 0.3) is 0 Å². The van der Waals surface area contributed by atoms with Gasteiger partial charge < -0.3 is 10.6 Å². The van der Waals surface area contributed by atoms with Crippen LogP contribution < -0.4 is 10.6 Å². The summed E-state index contributed by atoms with van der Waals surface area (Å²) in [6.07, 6.45) is 0.967. The highest BCUT2D eigenvalue weighted by Gasteiger charge is 2.31. The third kappa shape index (κ3) is 4.42. The van der Waals surface area contributed by atoms with Crippen molar-refractivity contribution < 1.29 is 9.59 Å². The van der Waals surface area contributed by atoms with Crippen LogP contribution in [0.1, 0.15) is 38.6 Å². The topological polar surface area (TPSA) is 61.4 Å². The van der Waals surface area contributed by atoms with Crippen molar-refractivity contribution >= 4 is 40.2 Å². The Labute approximate surface area is 178 Å². The van der Waals surface area contributed by atoms with Gasteiger partial charge in [0.1, 0.15) is 0 Å². The summed E-state index contributed by atoms with van der Waals surface area (Å²) in [5.41, 5.74) is 2.50. The minimum Gasteiger partial charge on any atom is -0.352 e. The first-order valence-corrected chi connectivity index (χ1v) is 11.4. The smallest absolute Gasteiger partial charge is 0.251 e. The first-order chi connectivity index (χ1) is 14.2. The number of carbonyl (C=O) groups is 2. The van der Waals surface area contributed by atoms with Gasteiger partial charge in [-0.15, -0.1) is 22.7 Å². The molecule has 0 saturated heterocycles. The lowest BCUT2D eigenvalue weighted by Crippen LogP contribution is -2.40. The van der Waals surface area contributed by atoms with E-state index < -0.39 is 0 Å². The minimum atomic E-state index is -0.137. The summed E-state index contributed by atoms with van der Waals surface area (Å²) in [4.78, 5) is 29.8. The van der Waals surface area contributed by atoms with Crippen LogP contribution in [0.2, 0.25) is 0 Å². The average Bonchev–Trinajstić information content (AvgIpc) is 3.40. The maximum absolute atomic E-state index is 12.8. The Morgan fingerprint density at radius 3 is 2.83 bits per heavy atom. The zero-order valence-electron chi connectivity index (χ0n) is 16.2. The number of amides is 2. The van der Waals surface area contributed by atoms with E-state index in [1.54, 1.807) is 40.9 Å². The molecule has 2 N–H and O–H groups in total. The molecule has 0 aliphatic carbocycles. The van der Waals surface area contributed by atoms with E-state index in [1.165, 1.54) is 15.3 Å². The fourth-order valence-corrected chi connectivity index (χ4v) is 5.48. The Hall–Kier alpha value is -2.48. The van der Waals surface area contributed by atoms with Crippen LogP contribution in [0.5, 0.6) is 0 Å². The van der Waals surface area contributed by atoms with Gasteiger partial charge in [-0.1, -0.05) is 12.1 Å². The molecule has 1 aliphatic rings. The van der Waals surface area contributed by atoms with Crippen molar-refractivity contribution in [3.63, 3.8) is 0 Å². The number of rotatable bonds is 6. The molecular weight excluding hydrogens is 402 g/mol. The molecule has 150 valence electrons. The average molecular weight is 426 g/mol. The number of hydrogen-bond donors (Lipinski definition) is 2. The molecule has 0 spiro atoms. The highest BCUT2D eigenvalue weighted by atomic mass is 32.1. The first kappa shape index (κ1) is 19.8. The Bertz CT molecular complexity index is 997. The van der Waals surface area contributed by atoms with Crippen molar-refractivity contribution in [3.8, 4) is 0 Å². The van der Waals surface area contributed by atoms with E-state index in [2.05, 4.69) is 44.5 Å². The first-order valence-electron chi connectivity index (χ1n) is 9.67. The van der Waals surface area contributed by atoms with Crippen molar-refractivity contribution in [2.24, 2.45) is 0 Å². The lowest BCUT2D eigenvalue weighted by Gasteiger charge is -2.34. The molecule has 1 aromatic carbocycles. The van der Waals surface area contributed by atoms with Gasteiger partial charge in [-0.05, 0) is 60.0 Å². The maximum Gasteiger partial charge on any atom is 0.251 e. The lowest BCUT2D eigenvalue weighted by atomic mass is 9.98. The largest absolute Gasteiger partial charge is 0.352 e.